The summed E-state index contributed by atoms with van der Waals surface area (Å²) < 4.78 is 2.19. The number of nitrogens with zero attached hydrogens (tertiary/aromatic N) is 2. The van der Waals surface area contributed by atoms with Gasteiger partial charge in [0.05, 0.1) is 17.9 Å². The first-order chi connectivity index (χ1) is 9.88. The molecule has 3 heteroatoms. The largest absolute Gasteiger partial charge is 0.307 e. The Kier molecular flexibility index (Phi) is 4.16. The Balaban J connectivity index is 1.81. The number of rotatable bonds is 5. The molecule has 1 aliphatic heterocycles. The highest BCUT2D eigenvalue weighted by Crippen LogP contribution is 2.27. The molecule has 20 heavy (non-hydrogen) atoms. The predicted molar refractivity (Wildman–Crippen MR) is 82.5 cm³/mol. The van der Waals surface area contributed by atoms with Crippen LogP contribution in [0.2, 0.25) is 0 Å². The second kappa shape index (κ2) is 6.23. The molecule has 0 bridgehead atoms. The number of nitrogens with one attached hydrogen (secondary N) is 1. The molecule has 1 aliphatic rings. The van der Waals surface area contributed by atoms with Crippen LogP contribution in [0.1, 0.15) is 44.3 Å². The first-order valence-corrected chi connectivity index (χ1v) is 7.75. The lowest BCUT2D eigenvalue weighted by molar-refractivity contribution is 0.375. The lowest BCUT2D eigenvalue weighted by atomic mass is 10.0. The third-order valence-corrected chi connectivity index (χ3v) is 4.05. The van der Waals surface area contributed by atoms with Gasteiger partial charge in [0.15, 0.2) is 0 Å². The number of benzene rings is 1. The molecule has 0 aliphatic carbocycles. The molecule has 0 saturated carbocycles. The summed E-state index contributed by atoms with van der Waals surface area (Å²) in [6, 6.07) is 13.2. The summed E-state index contributed by atoms with van der Waals surface area (Å²) in [5.41, 5.74) is 3.66. The van der Waals surface area contributed by atoms with Gasteiger partial charge in [-0.1, -0.05) is 56.5 Å². The molecule has 106 valence electrons. The molecule has 3 nitrogen and oxygen atoms in total. The highest BCUT2D eigenvalue weighted by molar-refractivity contribution is 5.59. The van der Waals surface area contributed by atoms with Crippen LogP contribution in [0.25, 0.3) is 11.3 Å². The lowest BCUT2D eigenvalue weighted by Crippen LogP contribution is -2.33. The summed E-state index contributed by atoms with van der Waals surface area (Å²) >= 11 is 0. The van der Waals surface area contributed by atoms with Gasteiger partial charge in [0, 0.05) is 18.2 Å². The SMILES string of the molecule is CCCCC[C@@H]1NCCn2nc(-c3ccccc3)cc21. The molecular formula is C17H23N3. The minimum atomic E-state index is 0.472. The Hall–Kier alpha value is -1.61. The predicted octanol–water partition coefficient (Wildman–Crippen LogP) is 3.77. The Bertz CT molecular complexity index is 545. The molecule has 1 aromatic heterocycles. The molecule has 1 aromatic carbocycles. The van der Waals surface area contributed by atoms with E-state index in [0.717, 1.165) is 18.8 Å². The second-order valence-corrected chi connectivity index (χ2v) is 5.55. The molecule has 0 unspecified atom stereocenters. The quantitative estimate of drug-likeness (QED) is 0.837. The summed E-state index contributed by atoms with van der Waals surface area (Å²) in [5.74, 6) is 0. The second-order valence-electron chi connectivity index (χ2n) is 5.55. The maximum Gasteiger partial charge on any atom is 0.0926 e. The average Bonchev–Trinajstić information content (AvgIpc) is 2.93. The zero-order valence-electron chi connectivity index (χ0n) is 12.2. The van der Waals surface area contributed by atoms with Crippen LogP contribution in [0.5, 0.6) is 0 Å². The van der Waals surface area contributed by atoms with E-state index in [0.29, 0.717) is 6.04 Å². The molecule has 3 rings (SSSR count). The Morgan fingerprint density at radius 3 is 2.90 bits per heavy atom. The highest BCUT2D eigenvalue weighted by Gasteiger charge is 2.21. The first-order valence-electron chi connectivity index (χ1n) is 7.75. The molecule has 0 spiro atoms. The van der Waals surface area contributed by atoms with Gasteiger partial charge in [-0.05, 0) is 12.5 Å². The molecular weight excluding hydrogens is 246 g/mol. The lowest BCUT2D eigenvalue weighted by Gasteiger charge is -2.25. The fourth-order valence-electron chi connectivity index (χ4n) is 2.94. The average molecular weight is 269 g/mol. The summed E-state index contributed by atoms with van der Waals surface area (Å²) in [5, 5.41) is 8.41. The Morgan fingerprint density at radius 2 is 2.10 bits per heavy atom. The van der Waals surface area contributed by atoms with E-state index >= 15 is 0 Å². The van der Waals surface area contributed by atoms with Crippen LogP contribution < -0.4 is 5.32 Å². The Labute approximate surface area is 121 Å². The number of hydrogen-bond acceptors (Lipinski definition) is 2. The Morgan fingerprint density at radius 1 is 1.25 bits per heavy atom. The third-order valence-electron chi connectivity index (χ3n) is 4.05. The molecule has 0 amide bonds. The van der Waals surface area contributed by atoms with Crippen molar-refractivity contribution in [1.82, 2.24) is 15.1 Å². The van der Waals surface area contributed by atoms with Crippen molar-refractivity contribution < 1.29 is 0 Å². The standard InChI is InChI=1S/C17H23N3/c1-2-3-5-10-15-17-13-16(14-8-6-4-7-9-14)19-20(17)12-11-18-15/h4,6-9,13,15,18H,2-3,5,10-12H2,1H3/t15-/m0/s1. The van der Waals surface area contributed by atoms with E-state index in [-0.39, 0.29) is 0 Å². The minimum Gasteiger partial charge on any atom is -0.307 e. The highest BCUT2D eigenvalue weighted by atomic mass is 15.3. The van der Waals surface area contributed by atoms with E-state index in [2.05, 4.69) is 53.3 Å². The minimum absolute atomic E-state index is 0.472. The van der Waals surface area contributed by atoms with Crippen LogP contribution in [0.3, 0.4) is 0 Å². The first kappa shape index (κ1) is 13.4. The number of hydrogen-bond donors (Lipinski definition) is 1. The van der Waals surface area contributed by atoms with E-state index in [9.17, 15) is 0 Å². The molecule has 0 fully saturated rings. The van der Waals surface area contributed by atoms with Gasteiger partial charge in [0.2, 0.25) is 0 Å². The molecule has 1 atom stereocenters. The van der Waals surface area contributed by atoms with E-state index in [1.165, 1.54) is 36.9 Å². The van der Waals surface area contributed by atoms with Gasteiger partial charge in [-0.25, -0.2) is 0 Å². The van der Waals surface area contributed by atoms with Crippen molar-refractivity contribution in [2.45, 2.75) is 45.2 Å². The van der Waals surface area contributed by atoms with Crippen molar-refractivity contribution in [2.75, 3.05) is 6.54 Å². The van der Waals surface area contributed by atoms with Crippen LogP contribution in [-0.4, -0.2) is 16.3 Å². The van der Waals surface area contributed by atoms with Gasteiger partial charge in [0.25, 0.3) is 0 Å². The molecule has 0 radical (unpaired) electrons. The zero-order chi connectivity index (χ0) is 13.8. The summed E-state index contributed by atoms with van der Waals surface area (Å²) in [7, 11) is 0. The van der Waals surface area contributed by atoms with Crippen LogP contribution in [0.15, 0.2) is 36.4 Å². The summed E-state index contributed by atoms with van der Waals surface area (Å²) in [6.07, 6.45) is 5.10. The van der Waals surface area contributed by atoms with Crippen molar-refractivity contribution in [2.24, 2.45) is 0 Å². The molecule has 2 heterocycles. The third kappa shape index (κ3) is 2.78. The van der Waals surface area contributed by atoms with Crippen molar-refractivity contribution in [3.63, 3.8) is 0 Å². The maximum absolute atomic E-state index is 4.78. The fourth-order valence-corrected chi connectivity index (χ4v) is 2.94. The van der Waals surface area contributed by atoms with Crippen molar-refractivity contribution in [3.8, 4) is 11.3 Å². The van der Waals surface area contributed by atoms with Gasteiger partial charge in [-0.3, -0.25) is 4.68 Å². The smallest absolute Gasteiger partial charge is 0.0926 e. The van der Waals surface area contributed by atoms with Crippen molar-refractivity contribution in [1.29, 1.82) is 0 Å². The van der Waals surface area contributed by atoms with Gasteiger partial charge in [-0.2, -0.15) is 5.10 Å². The maximum atomic E-state index is 4.78. The molecule has 1 N–H and O–H groups in total. The number of aromatic nitrogens is 2. The van der Waals surface area contributed by atoms with E-state index < -0.39 is 0 Å². The number of unbranched alkanes of at least 4 members (excludes halogenated alkanes) is 2. The monoisotopic (exact) mass is 269 g/mol. The van der Waals surface area contributed by atoms with E-state index in [4.69, 9.17) is 5.10 Å². The normalized spacial score (nSPS) is 17.9. The molecule has 2 aromatic rings. The van der Waals surface area contributed by atoms with E-state index in [1.807, 2.05) is 0 Å². The summed E-state index contributed by atoms with van der Waals surface area (Å²) in [6.45, 7) is 4.26. The van der Waals surface area contributed by atoms with Crippen molar-refractivity contribution >= 4 is 0 Å². The molecule has 0 saturated heterocycles. The van der Waals surface area contributed by atoms with Gasteiger partial charge in [-0.15, -0.1) is 0 Å². The van der Waals surface area contributed by atoms with Crippen LogP contribution in [0, 0.1) is 0 Å². The van der Waals surface area contributed by atoms with E-state index in [1.54, 1.807) is 0 Å². The topological polar surface area (TPSA) is 29.9 Å². The number of fused-ring (bicyclic) bond motifs is 1. The van der Waals surface area contributed by atoms with Crippen LogP contribution in [0.4, 0.5) is 0 Å². The van der Waals surface area contributed by atoms with Crippen molar-refractivity contribution in [3.05, 3.63) is 42.1 Å². The summed E-state index contributed by atoms with van der Waals surface area (Å²) in [4.78, 5) is 0. The zero-order valence-corrected chi connectivity index (χ0v) is 12.2. The van der Waals surface area contributed by atoms with Gasteiger partial charge in [0.1, 0.15) is 0 Å². The van der Waals surface area contributed by atoms with Gasteiger partial charge >= 0.3 is 0 Å². The van der Waals surface area contributed by atoms with Gasteiger partial charge < -0.3 is 5.32 Å². The van der Waals surface area contributed by atoms with Crippen LogP contribution in [-0.2, 0) is 6.54 Å². The van der Waals surface area contributed by atoms with Crippen LogP contribution >= 0.6 is 0 Å². The fraction of sp³-hybridized carbons (Fsp3) is 0.471.